The summed E-state index contributed by atoms with van der Waals surface area (Å²) in [6.45, 7) is 1.45. The number of aryl methyl sites for hydroxylation is 1. The van der Waals surface area contributed by atoms with E-state index in [-0.39, 0.29) is 6.54 Å². The van der Waals surface area contributed by atoms with Gasteiger partial charge in [-0.05, 0) is 36.1 Å². The molecule has 0 aliphatic heterocycles. The van der Waals surface area contributed by atoms with Gasteiger partial charge in [-0.1, -0.05) is 48.0 Å². The van der Waals surface area contributed by atoms with E-state index in [9.17, 15) is 9.59 Å². The van der Waals surface area contributed by atoms with Crippen molar-refractivity contribution in [1.29, 1.82) is 5.26 Å². The van der Waals surface area contributed by atoms with E-state index in [1.807, 2.05) is 54.8 Å². The second kappa shape index (κ2) is 8.98. The Morgan fingerprint density at radius 3 is 2.46 bits per heavy atom. The summed E-state index contributed by atoms with van der Waals surface area (Å²) in [4.78, 5) is 26.8. The average Bonchev–Trinajstić information content (AvgIpc) is 3.21. The zero-order valence-corrected chi connectivity index (χ0v) is 16.1. The Balaban J connectivity index is 1.70. The number of hydrogen-bond donors (Lipinski definition) is 0. The topological polar surface area (TPSA) is 70.4 Å². The Hall–Kier alpha value is -3.43. The van der Waals surface area contributed by atoms with E-state index in [4.69, 9.17) is 10.00 Å². The zero-order chi connectivity index (χ0) is 19.9. The third kappa shape index (κ3) is 4.45. The predicted octanol–water partition coefficient (Wildman–Crippen LogP) is 4.44. The van der Waals surface area contributed by atoms with Gasteiger partial charge in [0.05, 0.1) is 6.07 Å². The average molecular weight is 390 g/mol. The number of rotatable bonds is 6. The van der Waals surface area contributed by atoms with Crippen LogP contribution >= 0.6 is 11.3 Å². The van der Waals surface area contributed by atoms with Crippen molar-refractivity contribution in [3.8, 4) is 17.2 Å². The summed E-state index contributed by atoms with van der Waals surface area (Å²) in [5.74, 6) is -1.00. The predicted molar refractivity (Wildman–Crippen MR) is 109 cm³/mol. The lowest BCUT2D eigenvalue weighted by Gasteiger charge is -2.19. The summed E-state index contributed by atoms with van der Waals surface area (Å²) in [5, 5.41) is 10.8. The molecule has 0 spiro atoms. The van der Waals surface area contributed by atoms with Crippen LogP contribution in [-0.2, 0) is 9.53 Å². The van der Waals surface area contributed by atoms with Gasteiger partial charge in [-0.3, -0.25) is 9.69 Å². The first-order valence-corrected chi connectivity index (χ1v) is 9.52. The Bertz CT molecular complexity index is 1000. The molecule has 0 unspecified atom stereocenters. The van der Waals surface area contributed by atoms with Crippen molar-refractivity contribution < 1.29 is 14.3 Å². The van der Waals surface area contributed by atoms with Gasteiger partial charge in [-0.15, -0.1) is 11.3 Å². The summed E-state index contributed by atoms with van der Waals surface area (Å²) >= 11 is 1.27. The van der Waals surface area contributed by atoms with Gasteiger partial charge in [0, 0.05) is 11.3 Å². The molecule has 3 aromatic rings. The van der Waals surface area contributed by atoms with Crippen LogP contribution in [0.2, 0.25) is 0 Å². The summed E-state index contributed by atoms with van der Waals surface area (Å²) in [6.07, 6.45) is 0. The molecule has 1 amide bonds. The van der Waals surface area contributed by atoms with E-state index >= 15 is 0 Å². The fourth-order valence-corrected chi connectivity index (χ4v) is 3.51. The van der Waals surface area contributed by atoms with Crippen LogP contribution in [-0.4, -0.2) is 25.0 Å². The Kier molecular flexibility index (Phi) is 6.20. The molecule has 0 fully saturated rings. The van der Waals surface area contributed by atoms with Gasteiger partial charge in [0.1, 0.15) is 11.4 Å². The minimum absolute atomic E-state index is 0.117. The second-order valence-corrected chi connectivity index (χ2v) is 7.00. The van der Waals surface area contributed by atoms with E-state index in [0.717, 1.165) is 16.7 Å². The Labute approximate surface area is 167 Å². The summed E-state index contributed by atoms with van der Waals surface area (Å²) in [6, 6.07) is 20.5. The van der Waals surface area contributed by atoms with Gasteiger partial charge < -0.3 is 4.74 Å². The number of nitriles is 1. The lowest BCUT2D eigenvalue weighted by Crippen LogP contribution is -2.35. The Morgan fingerprint density at radius 1 is 1.07 bits per heavy atom. The van der Waals surface area contributed by atoms with Gasteiger partial charge in [-0.25, -0.2) is 4.79 Å². The molecule has 5 nitrogen and oxygen atoms in total. The molecule has 6 heteroatoms. The largest absolute Gasteiger partial charge is 0.451 e. The smallest absolute Gasteiger partial charge is 0.349 e. The maximum Gasteiger partial charge on any atom is 0.349 e. The maximum absolute atomic E-state index is 12.5. The molecule has 3 rings (SSSR count). The van der Waals surface area contributed by atoms with E-state index in [0.29, 0.717) is 10.6 Å². The van der Waals surface area contributed by atoms with Crippen LogP contribution in [0.1, 0.15) is 15.2 Å². The first-order chi connectivity index (χ1) is 13.6. The molecule has 0 aliphatic rings. The minimum Gasteiger partial charge on any atom is -0.451 e. The van der Waals surface area contributed by atoms with Crippen molar-refractivity contribution in [3.05, 3.63) is 76.5 Å². The van der Waals surface area contributed by atoms with Crippen LogP contribution in [0.4, 0.5) is 5.69 Å². The number of ether oxygens (including phenoxy) is 1. The van der Waals surface area contributed by atoms with Crippen molar-refractivity contribution in [2.24, 2.45) is 0 Å². The van der Waals surface area contributed by atoms with Crippen molar-refractivity contribution in [2.75, 3.05) is 18.1 Å². The molecule has 1 aromatic heterocycles. The molecule has 2 aromatic carbocycles. The van der Waals surface area contributed by atoms with E-state index in [1.54, 1.807) is 24.3 Å². The second-order valence-electron chi connectivity index (χ2n) is 6.08. The highest BCUT2D eigenvalue weighted by Crippen LogP contribution is 2.29. The lowest BCUT2D eigenvalue weighted by atomic mass is 10.1. The van der Waals surface area contributed by atoms with Crippen LogP contribution in [0.15, 0.2) is 66.0 Å². The third-order valence-corrected chi connectivity index (χ3v) is 5.03. The SMILES string of the molecule is Cc1ccc(-c2ccsc2C(=O)OCC(=O)N(CC#N)c2ccccc2)cc1. The number of carbonyl (C=O) groups excluding carboxylic acids is 2. The molecule has 140 valence electrons. The molecule has 0 saturated carbocycles. The van der Waals surface area contributed by atoms with Crippen LogP contribution in [0.3, 0.4) is 0 Å². The van der Waals surface area contributed by atoms with Gasteiger partial charge in [0.25, 0.3) is 5.91 Å². The van der Waals surface area contributed by atoms with E-state index in [1.165, 1.54) is 16.2 Å². The molecule has 0 atom stereocenters. The highest BCUT2D eigenvalue weighted by atomic mass is 32.1. The monoisotopic (exact) mass is 390 g/mol. The van der Waals surface area contributed by atoms with Gasteiger partial charge in [0.15, 0.2) is 6.61 Å². The molecule has 1 heterocycles. The molecule has 0 N–H and O–H groups in total. The van der Waals surface area contributed by atoms with Crippen molar-refractivity contribution >= 4 is 28.9 Å². The fraction of sp³-hybridized carbons (Fsp3) is 0.136. The summed E-state index contributed by atoms with van der Waals surface area (Å²) in [7, 11) is 0. The Morgan fingerprint density at radius 2 is 1.79 bits per heavy atom. The molecule has 0 bridgehead atoms. The van der Waals surface area contributed by atoms with Gasteiger partial charge in [0.2, 0.25) is 0 Å². The highest BCUT2D eigenvalue weighted by Gasteiger charge is 2.20. The normalized spacial score (nSPS) is 10.1. The molecule has 0 saturated heterocycles. The van der Waals surface area contributed by atoms with E-state index < -0.39 is 18.5 Å². The van der Waals surface area contributed by atoms with Crippen molar-refractivity contribution in [2.45, 2.75) is 6.92 Å². The molecular formula is C22H18N2O3S. The highest BCUT2D eigenvalue weighted by molar-refractivity contribution is 7.12. The van der Waals surface area contributed by atoms with Crippen molar-refractivity contribution in [1.82, 2.24) is 0 Å². The van der Waals surface area contributed by atoms with Gasteiger partial charge >= 0.3 is 5.97 Å². The fourth-order valence-electron chi connectivity index (χ4n) is 2.70. The summed E-state index contributed by atoms with van der Waals surface area (Å²) in [5.41, 5.74) is 3.41. The first kappa shape index (κ1) is 19.3. The standard InChI is InChI=1S/C22H18N2O3S/c1-16-7-9-17(10-8-16)19-11-14-28-21(19)22(26)27-15-20(25)24(13-12-23)18-5-3-2-4-6-18/h2-11,14H,13,15H2,1H3. The number of carbonyl (C=O) groups is 2. The number of esters is 1. The lowest BCUT2D eigenvalue weighted by molar-refractivity contribution is -0.121. The molecule has 0 radical (unpaired) electrons. The molecular weight excluding hydrogens is 372 g/mol. The molecule has 28 heavy (non-hydrogen) atoms. The quantitative estimate of drug-likeness (QED) is 0.461. The maximum atomic E-state index is 12.5. The van der Waals surface area contributed by atoms with Crippen molar-refractivity contribution in [3.63, 3.8) is 0 Å². The minimum atomic E-state index is -0.552. The van der Waals surface area contributed by atoms with Crippen LogP contribution in [0, 0.1) is 18.3 Å². The third-order valence-electron chi connectivity index (χ3n) is 4.14. The van der Waals surface area contributed by atoms with E-state index in [2.05, 4.69) is 0 Å². The number of anilines is 1. The number of thiophene rings is 1. The number of benzene rings is 2. The van der Waals surface area contributed by atoms with Crippen LogP contribution in [0.25, 0.3) is 11.1 Å². The van der Waals surface area contributed by atoms with Crippen LogP contribution < -0.4 is 4.90 Å². The first-order valence-electron chi connectivity index (χ1n) is 8.64. The number of para-hydroxylation sites is 1. The number of nitrogens with zero attached hydrogens (tertiary/aromatic N) is 2. The zero-order valence-electron chi connectivity index (χ0n) is 15.3. The summed E-state index contributed by atoms with van der Waals surface area (Å²) < 4.78 is 5.25. The number of amides is 1. The number of hydrogen-bond acceptors (Lipinski definition) is 5. The van der Waals surface area contributed by atoms with Gasteiger partial charge in [-0.2, -0.15) is 5.26 Å². The van der Waals surface area contributed by atoms with Crippen LogP contribution in [0.5, 0.6) is 0 Å². The molecule has 0 aliphatic carbocycles.